The zero-order chi connectivity index (χ0) is 14.4. The highest BCUT2D eigenvalue weighted by Gasteiger charge is 2.04. The van der Waals surface area contributed by atoms with E-state index in [1.165, 1.54) is 5.56 Å². The van der Waals surface area contributed by atoms with Crippen molar-refractivity contribution in [1.29, 1.82) is 0 Å². The van der Waals surface area contributed by atoms with Gasteiger partial charge in [-0.1, -0.05) is 49.4 Å². The van der Waals surface area contributed by atoms with Gasteiger partial charge in [-0.05, 0) is 42.7 Å². The van der Waals surface area contributed by atoms with Crippen LogP contribution in [0, 0.1) is 0 Å². The number of amides is 1. The van der Waals surface area contributed by atoms with Crippen LogP contribution >= 0.6 is 0 Å². The maximum Gasteiger partial charge on any atom is 0.251 e. The van der Waals surface area contributed by atoms with E-state index >= 15 is 0 Å². The molecule has 1 amide bonds. The molecule has 0 atom stereocenters. The Balaban J connectivity index is 2.05. The highest BCUT2D eigenvalue weighted by molar-refractivity contribution is 6.06. The van der Waals surface area contributed by atoms with Crippen molar-refractivity contribution in [3.63, 3.8) is 0 Å². The molecule has 0 saturated carbocycles. The third kappa shape index (κ3) is 3.82. The first kappa shape index (κ1) is 14.1. The smallest absolute Gasteiger partial charge is 0.251 e. The number of hydrogen-bond acceptors (Lipinski definition) is 1. The number of benzene rings is 2. The van der Waals surface area contributed by atoms with Crippen molar-refractivity contribution in [2.45, 2.75) is 20.3 Å². The summed E-state index contributed by atoms with van der Waals surface area (Å²) >= 11 is 0. The van der Waals surface area contributed by atoms with E-state index in [1.807, 2.05) is 67.6 Å². The average Bonchev–Trinajstić information content (AvgIpc) is 2.49. The Hall–Kier alpha value is -2.35. The van der Waals surface area contributed by atoms with Crippen molar-refractivity contribution >= 4 is 17.7 Å². The summed E-state index contributed by atoms with van der Waals surface area (Å²) in [6.45, 7) is 3.93. The zero-order valence-electron chi connectivity index (χ0n) is 11.9. The Kier molecular flexibility index (Phi) is 4.72. The van der Waals surface area contributed by atoms with E-state index in [0.717, 1.165) is 17.7 Å². The Bertz CT molecular complexity index is 597. The minimum absolute atomic E-state index is 0.0712. The van der Waals surface area contributed by atoms with E-state index < -0.39 is 0 Å². The molecular weight excluding hydrogens is 246 g/mol. The van der Waals surface area contributed by atoms with Crippen LogP contribution in [0.1, 0.15) is 25.0 Å². The lowest BCUT2D eigenvalue weighted by molar-refractivity contribution is -0.112. The first-order valence-electron chi connectivity index (χ1n) is 6.82. The molecule has 0 aliphatic heterocycles. The summed E-state index contributed by atoms with van der Waals surface area (Å²) in [5, 5.41) is 2.91. The predicted molar refractivity (Wildman–Crippen MR) is 84.5 cm³/mol. The van der Waals surface area contributed by atoms with E-state index in [4.69, 9.17) is 0 Å². The first-order chi connectivity index (χ1) is 9.69. The second kappa shape index (κ2) is 6.71. The topological polar surface area (TPSA) is 29.1 Å². The molecule has 2 nitrogen and oxygen atoms in total. The lowest BCUT2D eigenvalue weighted by atomic mass is 10.1. The van der Waals surface area contributed by atoms with Crippen molar-refractivity contribution in [2.24, 2.45) is 0 Å². The third-order valence-electron chi connectivity index (χ3n) is 3.16. The summed E-state index contributed by atoms with van der Waals surface area (Å²) in [6.07, 6.45) is 2.89. The van der Waals surface area contributed by atoms with E-state index in [2.05, 4.69) is 12.2 Å². The molecule has 20 heavy (non-hydrogen) atoms. The molecule has 2 rings (SSSR count). The molecule has 0 radical (unpaired) electrons. The molecule has 0 aliphatic carbocycles. The number of carbonyl (C=O) groups excluding carboxylic acids is 1. The summed E-state index contributed by atoms with van der Waals surface area (Å²) < 4.78 is 0. The molecule has 0 spiro atoms. The third-order valence-corrected chi connectivity index (χ3v) is 3.16. The van der Waals surface area contributed by atoms with Crippen LogP contribution in [0.5, 0.6) is 0 Å². The second-order valence-corrected chi connectivity index (χ2v) is 4.74. The van der Waals surface area contributed by atoms with Crippen molar-refractivity contribution in [3.8, 4) is 0 Å². The number of aryl methyl sites for hydroxylation is 1. The van der Waals surface area contributed by atoms with Crippen molar-refractivity contribution in [3.05, 3.63) is 71.3 Å². The molecule has 102 valence electrons. The summed E-state index contributed by atoms with van der Waals surface area (Å²) in [5.74, 6) is -0.0712. The molecule has 0 saturated heterocycles. The summed E-state index contributed by atoms with van der Waals surface area (Å²) in [4.78, 5) is 12.1. The minimum Gasteiger partial charge on any atom is -0.322 e. The van der Waals surface area contributed by atoms with Gasteiger partial charge in [-0.15, -0.1) is 0 Å². The summed E-state index contributed by atoms with van der Waals surface area (Å²) in [5.41, 5.74) is 3.81. The summed E-state index contributed by atoms with van der Waals surface area (Å²) in [6, 6.07) is 17.8. The lowest BCUT2D eigenvalue weighted by Gasteiger charge is -2.06. The average molecular weight is 265 g/mol. The summed E-state index contributed by atoms with van der Waals surface area (Å²) in [7, 11) is 0. The van der Waals surface area contributed by atoms with Crippen LogP contribution in [0.25, 0.3) is 6.08 Å². The van der Waals surface area contributed by atoms with E-state index in [-0.39, 0.29) is 5.91 Å². The van der Waals surface area contributed by atoms with Gasteiger partial charge in [0.1, 0.15) is 0 Å². The van der Waals surface area contributed by atoms with E-state index in [1.54, 1.807) is 0 Å². The van der Waals surface area contributed by atoms with Crippen LogP contribution in [-0.4, -0.2) is 5.91 Å². The van der Waals surface area contributed by atoms with Gasteiger partial charge in [-0.2, -0.15) is 0 Å². The fourth-order valence-electron chi connectivity index (χ4n) is 1.92. The quantitative estimate of drug-likeness (QED) is 0.821. The highest BCUT2D eigenvalue weighted by atomic mass is 16.1. The highest BCUT2D eigenvalue weighted by Crippen LogP contribution is 2.12. The molecule has 0 heterocycles. The van der Waals surface area contributed by atoms with Gasteiger partial charge in [0.15, 0.2) is 0 Å². The number of rotatable bonds is 4. The molecule has 2 aromatic rings. The molecular formula is C18H19NO. The molecule has 0 unspecified atom stereocenters. The number of anilines is 1. The van der Waals surface area contributed by atoms with Crippen LogP contribution < -0.4 is 5.32 Å². The molecule has 1 N–H and O–H groups in total. The number of hydrogen-bond donors (Lipinski definition) is 1. The van der Waals surface area contributed by atoms with E-state index in [0.29, 0.717) is 5.57 Å². The molecule has 0 aromatic heterocycles. The molecule has 2 heteroatoms. The first-order valence-corrected chi connectivity index (χ1v) is 6.82. The molecule has 0 aliphatic rings. The lowest BCUT2D eigenvalue weighted by Crippen LogP contribution is -2.12. The number of nitrogens with one attached hydrogen (secondary N) is 1. The van der Waals surface area contributed by atoms with Crippen LogP contribution in [0.4, 0.5) is 5.69 Å². The van der Waals surface area contributed by atoms with Gasteiger partial charge in [-0.25, -0.2) is 0 Å². The minimum atomic E-state index is -0.0712. The van der Waals surface area contributed by atoms with Crippen LogP contribution in [-0.2, 0) is 11.2 Å². The molecule has 2 aromatic carbocycles. The van der Waals surface area contributed by atoms with Gasteiger partial charge in [0.25, 0.3) is 5.91 Å². The molecule has 0 fully saturated rings. The van der Waals surface area contributed by atoms with Crippen LogP contribution in [0.3, 0.4) is 0 Å². The van der Waals surface area contributed by atoms with Crippen molar-refractivity contribution in [2.75, 3.05) is 5.32 Å². The Morgan fingerprint density at radius 2 is 1.70 bits per heavy atom. The van der Waals surface area contributed by atoms with Gasteiger partial charge in [0, 0.05) is 11.3 Å². The van der Waals surface area contributed by atoms with Gasteiger partial charge >= 0.3 is 0 Å². The fourth-order valence-corrected chi connectivity index (χ4v) is 1.92. The van der Waals surface area contributed by atoms with Crippen molar-refractivity contribution < 1.29 is 4.79 Å². The zero-order valence-corrected chi connectivity index (χ0v) is 11.9. The standard InChI is InChI=1S/C18H19NO/c1-3-15-9-11-17(12-10-15)19-18(20)14(2)13-16-7-5-4-6-8-16/h4-13H,3H2,1-2H3,(H,19,20)/b14-13+. The maximum atomic E-state index is 12.1. The normalized spacial score (nSPS) is 11.2. The predicted octanol–water partition coefficient (Wildman–Crippen LogP) is 4.29. The Morgan fingerprint density at radius 1 is 1.05 bits per heavy atom. The van der Waals surface area contributed by atoms with Gasteiger partial charge in [0.05, 0.1) is 0 Å². The largest absolute Gasteiger partial charge is 0.322 e. The van der Waals surface area contributed by atoms with Crippen LogP contribution in [0.2, 0.25) is 0 Å². The van der Waals surface area contributed by atoms with Crippen LogP contribution in [0.15, 0.2) is 60.2 Å². The SMILES string of the molecule is CCc1ccc(NC(=O)/C(C)=C/c2ccccc2)cc1. The Morgan fingerprint density at radius 3 is 2.30 bits per heavy atom. The van der Waals surface area contributed by atoms with Gasteiger partial charge in [-0.3, -0.25) is 4.79 Å². The molecule has 0 bridgehead atoms. The van der Waals surface area contributed by atoms with Gasteiger partial charge < -0.3 is 5.32 Å². The fraction of sp³-hybridized carbons (Fsp3) is 0.167. The number of carbonyl (C=O) groups is 1. The monoisotopic (exact) mass is 265 g/mol. The second-order valence-electron chi connectivity index (χ2n) is 4.74. The Labute approximate surface area is 120 Å². The van der Waals surface area contributed by atoms with Gasteiger partial charge in [0.2, 0.25) is 0 Å². The van der Waals surface area contributed by atoms with E-state index in [9.17, 15) is 4.79 Å². The maximum absolute atomic E-state index is 12.1. The van der Waals surface area contributed by atoms with Crippen molar-refractivity contribution in [1.82, 2.24) is 0 Å².